The SMILES string of the molecule is COc1cc2c(cc1C)C(=O)[C@@H](C[C@]1(O)C(=O)N(C)c3ccccc31)CC2. The van der Waals surface area contributed by atoms with Gasteiger partial charge in [0.1, 0.15) is 5.75 Å². The highest BCUT2D eigenvalue weighted by Crippen LogP contribution is 2.45. The predicted octanol–water partition coefficient (Wildman–Crippen LogP) is 3.00. The summed E-state index contributed by atoms with van der Waals surface area (Å²) < 4.78 is 5.36. The number of hydrogen-bond donors (Lipinski definition) is 1. The number of rotatable bonds is 3. The number of amides is 1. The lowest BCUT2D eigenvalue weighted by molar-refractivity contribution is -0.137. The maximum absolute atomic E-state index is 13.1. The molecular formula is C22H23NO4. The third-order valence-corrected chi connectivity index (χ3v) is 5.93. The summed E-state index contributed by atoms with van der Waals surface area (Å²) in [6, 6.07) is 11.0. The van der Waals surface area contributed by atoms with Crippen LogP contribution < -0.4 is 9.64 Å². The molecule has 2 aliphatic rings. The summed E-state index contributed by atoms with van der Waals surface area (Å²) in [5.74, 6) is 0.0161. The van der Waals surface area contributed by atoms with Crippen molar-refractivity contribution in [2.24, 2.45) is 5.92 Å². The normalized spacial score (nSPS) is 24.0. The summed E-state index contributed by atoms with van der Waals surface area (Å²) in [7, 11) is 3.28. The fourth-order valence-corrected chi connectivity index (χ4v) is 4.43. The number of anilines is 1. The van der Waals surface area contributed by atoms with Crippen molar-refractivity contribution < 1.29 is 19.4 Å². The van der Waals surface area contributed by atoms with E-state index in [0.29, 0.717) is 23.2 Å². The number of carbonyl (C=O) groups excluding carboxylic acids is 2. The average molecular weight is 365 g/mol. The van der Waals surface area contributed by atoms with Gasteiger partial charge in [0.25, 0.3) is 5.91 Å². The first-order chi connectivity index (χ1) is 12.9. The van der Waals surface area contributed by atoms with Crippen molar-refractivity contribution in [2.75, 3.05) is 19.1 Å². The van der Waals surface area contributed by atoms with Crippen LogP contribution in [0.3, 0.4) is 0 Å². The van der Waals surface area contributed by atoms with Crippen molar-refractivity contribution >= 4 is 17.4 Å². The molecule has 2 aromatic carbocycles. The summed E-state index contributed by atoms with van der Waals surface area (Å²) >= 11 is 0. The molecule has 0 saturated carbocycles. The molecule has 0 bridgehead atoms. The topological polar surface area (TPSA) is 66.8 Å². The Labute approximate surface area is 158 Å². The van der Waals surface area contributed by atoms with Crippen molar-refractivity contribution in [2.45, 2.75) is 31.8 Å². The molecule has 1 heterocycles. The number of aliphatic hydroxyl groups is 1. The van der Waals surface area contributed by atoms with Crippen molar-refractivity contribution in [3.8, 4) is 5.75 Å². The van der Waals surface area contributed by atoms with Crippen molar-refractivity contribution in [3.63, 3.8) is 0 Å². The number of hydrogen-bond acceptors (Lipinski definition) is 4. The van der Waals surface area contributed by atoms with Gasteiger partial charge in [0.15, 0.2) is 11.4 Å². The number of ether oxygens (including phenoxy) is 1. The first-order valence-electron chi connectivity index (χ1n) is 9.18. The van der Waals surface area contributed by atoms with Crippen LogP contribution in [0.2, 0.25) is 0 Å². The molecule has 5 nitrogen and oxygen atoms in total. The summed E-state index contributed by atoms with van der Waals surface area (Å²) in [6.45, 7) is 1.91. The molecule has 0 saturated heterocycles. The largest absolute Gasteiger partial charge is 0.496 e. The zero-order valence-corrected chi connectivity index (χ0v) is 15.8. The molecule has 5 heteroatoms. The lowest BCUT2D eigenvalue weighted by Gasteiger charge is -2.30. The van der Waals surface area contributed by atoms with E-state index in [2.05, 4.69) is 0 Å². The molecule has 0 radical (unpaired) electrons. The second-order valence-corrected chi connectivity index (χ2v) is 7.52. The van der Waals surface area contributed by atoms with Crippen molar-refractivity contribution in [1.82, 2.24) is 0 Å². The number of likely N-dealkylation sites (N-methyl/N-ethyl adjacent to an activating group) is 1. The molecule has 1 aliphatic heterocycles. The molecule has 1 N–H and O–H groups in total. The van der Waals surface area contributed by atoms with Crippen molar-refractivity contribution in [3.05, 3.63) is 58.7 Å². The van der Waals surface area contributed by atoms with Gasteiger partial charge in [-0.3, -0.25) is 9.59 Å². The first-order valence-corrected chi connectivity index (χ1v) is 9.18. The smallest absolute Gasteiger partial charge is 0.263 e. The van der Waals surface area contributed by atoms with Gasteiger partial charge in [-0.05, 0) is 55.5 Å². The number of para-hydroxylation sites is 1. The number of carbonyl (C=O) groups is 2. The van der Waals surface area contributed by atoms with Crippen LogP contribution in [-0.2, 0) is 16.8 Å². The third kappa shape index (κ3) is 2.57. The van der Waals surface area contributed by atoms with Crippen LogP contribution in [0.25, 0.3) is 0 Å². The van der Waals surface area contributed by atoms with E-state index in [4.69, 9.17) is 4.74 Å². The summed E-state index contributed by atoms with van der Waals surface area (Å²) in [6.07, 6.45) is 1.44. The summed E-state index contributed by atoms with van der Waals surface area (Å²) in [4.78, 5) is 27.4. The zero-order chi connectivity index (χ0) is 19.3. The van der Waals surface area contributed by atoms with E-state index in [1.807, 2.05) is 37.3 Å². The minimum absolute atomic E-state index is 0.00439. The Morgan fingerprint density at radius 2 is 2.00 bits per heavy atom. The standard InChI is InChI=1S/C22H23NO4/c1-13-10-16-14(11-19(13)27-3)8-9-15(20(16)24)12-22(26)17-6-4-5-7-18(17)23(2)21(22)25/h4-7,10-11,15,26H,8-9,12H2,1-3H3/t15-,22-/m1/s1. The quantitative estimate of drug-likeness (QED) is 0.908. The predicted molar refractivity (Wildman–Crippen MR) is 102 cm³/mol. The van der Waals surface area contributed by atoms with Crippen LogP contribution in [0.5, 0.6) is 5.75 Å². The fraction of sp³-hybridized carbons (Fsp3) is 0.364. The zero-order valence-electron chi connectivity index (χ0n) is 15.8. The van der Waals surface area contributed by atoms with Crippen molar-refractivity contribution in [1.29, 1.82) is 0 Å². The van der Waals surface area contributed by atoms with E-state index in [0.717, 1.165) is 23.3 Å². The highest BCUT2D eigenvalue weighted by Gasteiger charge is 2.50. The van der Waals surface area contributed by atoms with Gasteiger partial charge in [-0.1, -0.05) is 18.2 Å². The number of methoxy groups -OCH3 is 1. The van der Waals surface area contributed by atoms with E-state index in [-0.39, 0.29) is 24.0 Å². The molecule has 0 fully saturated rings. The average Bonchev–Trinajstić information content (AvgIpc) is 2.86. The van der Waals surface area contributed by atoms with E-state index in [1.54, 1.807) is 20.2 Å². The Kier molecular flexibility index (Phi) is 4.07. The maximum atomic E-state index is 13.1. The lowest BCUT2D eigenvalue weighted by atomic mass is 9.75. The van der Waals surface area contributed by atoms with Crippen LogP contribution >= 0.6 is 0 Å². The van der Waals surface area contributed by atoms with Gasteiger partial charge >= 0.3 is 0 Å². The number of aryl methyl sites for hydroxylation is 2. The van der Waals surface area contributed by atoms with Gasteiger partial charge in [0.05, 0.1) is 12.8 Å². The molecule has 2 aromatic rings. The van der Waals surface area contributed by atoms with E-state index < -0.39 is 5.60 Å². The second kappa shape index (κ2) is 6.20. The van der Waals surface area contributed by atoms with E-state index >= 15 is 0 Å². The number of Topliss-reactive ketones (excluding diaryl/α,β-unsaturated/α-hetero) is 1. The second-order valence-electron chi connectivity index (χ2n) is 7.52. The van der Waals surface area contributed by atoms with Gasteiger partial charge in [0.2, 0.25) is 0 Å². The van der Waals surface area contributed by atoms with Crippen LogP contribution in [-0.4, -0.2) is 31.0 Å². The summed E-state index contributed by atoms with van der Waals surface area (Å²) in [5.41, 5.74) is 2.20. The number of ketones is 1. The monoisotopic (exact) mass is 365 g/mol. The van der Waals surface area contributed by atoms with E-state index in [9.17, 15) is 14.7 Å². The van der Waals surface area contributed by atoms with Crippen LogP contribution in [0.1, 0.15) is 39.9 Å². The number of nitrogens with zero attached hydrogens (tertiary/aromatic N) is 1. The van der Waals surface area contributed by atoms with Crippen LogP contribution in [0, 0.1) is 12.8 Å². The molecule has 140 valence electrons. The highest BCUT2D eigenvalue weighted by molar-refractivity contribution is 6.07. The molecule has 4 rings (SSSR count). The molecule has 1 amide bonds. The van der Waals surface area contributed by atoms with Gasteiger partial charge in [-0.2, -0.15) is 0 Å². The fourth-order valence-electron chi connectivity index (χ4n) is 4.43. The Balaban J connectivity index is 1.67. The molecule has 0 spiro atoms. The molecule has 0 aromatic heterocycles. The first kappa shape index (κ1) is 17.7. The lowest BCUT2D eigenvalue weighted by Crippen LogP contribution is -2.42. The van der Waals surface area contributed by atoms with Gasteiger partial charge < -0.3 is 14.7 Å². The van der Waals surface area contributed by atoms with Crippen LogP contribution in [0.15, 0.2) is 36.4 Å². The van der Waals surface area contributed by atoms with Gasteiger partial charge in [0, 0.05) is 24.1 Å². The highest BCUT2D eigenvalue weighted by atomic mass is 16.5. The summed E-state index contributed by atoms with van der Waals surface area (Å²) in [5, 5.41) is 11.3. The molecular weight excluding hydrogens is 342 g/mol. The molecule has 0 unspecified atom stereocenters. The molecule has 1 aliphatic carbocycles. The minimum atomic E-state index is -1.65. The maximum Gasteiger partial charge on any atom is 0.263 e. The Morgan fingerprint density at radius 3 is 2.74 bits per heavy atom. The van der Waals surface area contributed by atoms with Crippen LogP contribution in [0.4, 0.5) is 5.69 Å². The Morgan fingerprint density at radius 1 is 1.26 bits per heavy atom. The van der Waals surface area contributed by atoms with Gasteiger partial charge in [-0.25, -0.2) is 0 Å². The number of fused-ring (bicyclic) bond motifs is 2. The third-order valence-electron chi connectivity index (χ3n) is 5.93. The molecule has 2 atom stereocenters. The van der Waals surface area contributed by atoms with E-state index in [1.165, 1.54) is 4.90 Å². The Bertz CT molecular complexity index is 951. The number of benzene rings is 2. The Hall–Kier alpha value is -2.66. The minimum Gasteiger partial charge on any atom is -0.496 e. The van der Waals surface area contributed by atoms with Gasteiger partial charge in [-0.15, -0.1) is 0 Å². The molecule has 27 heavy (non-hydrogen) atoms.